The third kappa shape index (κ3) is 2.48. The summed E-state index contributed by atoms with van der Waals surface area (Å²) in [5, 5.41) is 9.59. The summed E-state index contributed by atoms with van der Waals surface area (Å²) in [4.78, 5) is 11.7. The lowest BCUT2D eigenvalue weighted by atomic mass is 9.68. The molecule has 1 aromatic carbocycles. The fourth-order valence-corrected chi connectivity index (χ4v) is 3.03. The molecule has 0 heterocycles. The molecule has 2 nitrogen and oxygen atoms in total. The van der Waals surface area contributed by atoms with Crippen molar-refractivity contribution >= 4 is 5.97 Å². The molecular formula is C15H18F2O2. The molecule has 1 saturated carbocycles. The van der Waals surface area contributed by atoms with Gasteiger partial charge in [0, 0.05) is 5.56 Å². The first-order valence-electron chi connectivity index (χ1n) is 6.60. The van der Waals surface area contributed by atoms with E-state index in [4.69, 9.17) is 0 Å². The highest BCUT2D eigenvalue weighted by molar-refractivity contribution is 5.82. The number of aryl methyl sites for hydroxylation is 1. The number of hydrogen-bond acceptors (Lipinski definition) is 1. The smallest absolute Gasteiger partial charge is 0.314 e. The van der Waals surface area contributed by atoms with E-state index < -0.39 is 17.8 Å². The molecule has 4 heteroatoms. The Bertz CT molecular complexity index is 477. The molecule has 1 aliphatic carbocycles. The third-order valence-electron chi connectivity index (χ3n) is 4.08. The number of carboxylic acids is 1. The summed E-state index contributed by atoms with van der Waals surface area (Å²) in [5.74, 6) is -0.972. The zero-order valence-electron chi connectivity index (χ0n) is 11.0. The fraction of sp³-hybridized carbons (Fsp3) is 0.533. The number of rotatable bonds is 3. The van der Waals surface area contributed by atoms with Crippen molar-refractivity contribution in [2.45, 2.75) is 50.9 Å². The van der Waals surface area contributed by atoms with Crippen molar-refractivity contribution < 1.29 is 18.7 Å². The van der Waals surface area contributed by atoms with Crippen LogP contribution in [0.1, 0.15) is 55.2 Å². The quantitative estimate of drug-likeness (QED) is 0.891. The highest BCUT2D eigenvalue weighted by Gasteiger charge is 2.43. The summed E-state index contributed by atoms with van der Waals surface area (Å²) < 4.78 is 26.3. The monoisotopic (exact) mass is 268 g/mol. The first-order chi connectivity index (χ1) is 8.97. The Labute approximate surface area is 111 Å². The van der Waals surface area contributed by atoms with Crippen LogP contribution < -0.4 is 0 Å². The molecular weight excluding hydrogens is 250 g/mol. The van der Waals surface area contributed by atoms with Crippen molar-refractivity contribution in [2.75, 3.05) is 0 Å². The average molecular weight is 268 g/mol. The van der Waals surface area contributed by atoms with Gasteiger partial charge in [-0.15, -0.1) is 0 Å². The summed E-state index contributed by atoms with van der Waals surface area (Å²) >= 11 is 0. The molecule has 104 valence electrons. The Morgan fingerprint density at radius 3 is 2.42 bits per heavy atom. The second-order valence-corrected chi connectivity index (χ2v) is 5.34. The Balaban J connectivity index is 2.58. The van der Waals surface area contributed by atoms with Crippen LogP contribution >= 0.6 is 0 Å². The van der Waals surface area contributed by atoms with E-state index in [1.807, 2.05) is 0 Å². The van der Waals surface area contributed by atoms with Crippen LogP contribution in [-0.4, -0.2) is 11.1 Å². The van der Waals surface area contributed by atoms with Crippen LogP contribution in [0.15, 0.2) is 18.2 Å². The molecule has 1 aromatic rings. The van der Waals surface area contributed by atoms with Crippen LogP contribution in [0.3, 0.4) is 0 Å². The summed E-state index contributed by atoms with van der Waals surface area (Å²) in [6.45, 7) is 1.80. The van der Waals surface area contributed by atoms with Gasteiger partial charge in [0.25, 0.3) is 6.43 Å². The Hall–Kier alpha value is -1.45. The number of benzene rings is 1. The van der Waals surface area contributed by atoms with Crippen LogP contribution in [0, 0.1) is 6.92 Å². The lowest BCUT2D eigenvalue weighted by molar-refractivity contribution is -0.145. The molecule has 2 rings (SSSR count). The lowest BCUT2D eigenvalue weighted by Crippen LogP contribution is -2.38. The number of alkyl halides is 2. The molecule has 0 unspecified atom stereocenters. The summed E-state index contributed by atoms with van der Waals surface area (Å²) in [6.07, 6.45) is 0.807. The Morgan fingerprint density at radius 1 is 1.26 bits per heavy atom. The predicted octanol–water partition coefficient (Wildman–Crippen LogP) is 4.22. The second kappa shape index (κ2) is 5.27. The van der Waals surface area contributed by atoms with E-state index in [0.717, 1.165) is 24.8 Å². The SMILES string of the molecule is Cc1ccc(C(F)F)c(C2(C(=O)O)CCCCC2)c1. The van der Waals surface area contributed by atoms with Crippen LogP contribution in [0.5, 0.6) is 0 Å². The first kappa shape index (κ1) is 14.0. The minimum Gasteiger partial charge on any atom is -0.481 e. The molecule has 0 aliphatic heterocycles. The molecule has 19 heavy (non-hydrogen) atoms. The van der Waals surface area contributed by atoms with E-state index in [2.05, 4.69) is 0 Å². The maximum absolute atomic E-state index is 13.2. The Kier molecular flexibility index (Phi) is 3.88. The number of carbonyl (C=O) groups is 1. The van der Waals surface area contributed by atoms with E-state index >= 15 is 0 Å². The van der Waals surface area contributed by atoms with Gasteiger partial charge in [-0.3, -0.25) is 4.79 Å². The average Bonchev–Trinajstić information content (AvgIpc) is 2.38. The molecule has 1 N–H and O–H groups in total. The van der Waals surface area contributed by atoms with E-state index in [1.165, 1.54) is 6.07 Å². The van der Waals surface area contributed by atoms with Gasteiger partial charge in [0.1, 0.15) is 0 Å². The maximum Gasteiger partial charge on any atom is 0.314 e. The number of carboxylic acid groups (broad SMARTS) is 1. The second-order valence-electron chi connectivity index (χ2n) is 5.34. The molecule has 0 aromatic heterocycles. The number of aliphatic carboxylic acids is 1. The van der Waals surface area contributed by atoms with Crippen LogP contribution in [0.2, 0.25) is 0 Å². The van der Waals surface area contributed by atoms with E-state index in [9.17, 15) is 18.7 Å². The minimum atomic E-state index is -2.63. The van der Waals surface area contributed by atoms with Crippen LogP contribution in [0.25, 0.3) is 0 Å². The number of hydrogen-bond donors (Lipinski definition) is 1. The van der Waals surface area contributed by atoms with Crippen LogP contribution in [-0.2, 0) is 10.2 Å². The Morgan fingerprint density at radius 2 is 1.89 bits per heavy atom. The van der Waals surface area contributed by atoms with Crippen molar-refractivity contribution in [2.24, 2.45) is 0 Å². The molecule has 0 bridgehead atoms. The molecule has 0 saturated heterocycles. The molecule has 0 amide bonds. The van der Waals surface area contributed by atoms with Crippen molar-refractivity contribution in [1.29, 1.82) is 0 Å². The topological polar surface area (TPSA) is 37.3 Å². The van der Waals surface area contributed by atoms with Gasteiger partial charge in [0.2, 0.25) is 0 Å². The van der Waals surface area contributed by atoms with Crippen LogP contribution in [0.4, 0.5) is 8.78 Å². The van der Waals surface area contributed by atoms with Gasteiger partial charge in [-0.05, 0) is 25.3 Å². The minimum absolute atomic E-state index is 0.130. The highest BCUT2D eigenvalue weighted by atomic mass is 19.3. The van der Waals surface area contributed by atoms with Gasteiger partial charge in [-0.25, -0.2) is 8.78 Å². The normalized spacial score (nSPS) is 18.5. The van der Waals surface area contributed by atoms with Crippen molar-refractivity contribution in [3.63, 3.8) is 0 Å². The predicted molar refractivity (Wildman–Crippen MR) is 68.5 cm³/mol. The van der Waals surface area contributed by atoms with E-state index in [-0.39, 0.29) is 5.56 Å². The van der Waals surface area contributed by atoms with Gasteiger partial charge in [0.15, 0.2) is 0 Å². The van der Waals surface area contributed by atoms with Gasteiger partial charge in [0.05, 0.1) is 5.41 Å². The third-order valence-corrected chi connectivity index (χ3v) is 4.08. The zero-order chi connectivity index (χ0) is 14.0. The standard InChI is InChI=1S/C15H18F2O2/c1-10-5-6-11(13(16)17)12(9-10)15(14(18)19)7-3-2-4-8-15/h5-6,9,13H,2-4,7-8H2,1H3,(H,18,19). The van der Waals surface area contributed by atoms with Crippen molar-refractivity contribution in [1.82, 2.24) is 0 Å². The van der Waals surface area contributed by atoms with Gasteiger partial charge >= 0.3 is 5.97 Å². The molecule has 0 atom stereocenters. The molecule has 1 aliphatic rings. The summed E-state index contributed by atoms with van der Waals surface area (Å²) in [7, 11) is 0. The van der Waals surface area contributed by atoms with Gasteiger partial charge in [-0.2, -0.15) is 0 Å². The van der Waals surface area contributed by atoms with Gasteiger partial charge < -0.3 is 5.11 Å². The summed E-state index contributed by atoms with van der Waals surface area (Å²) in [6, 6.07) is 4.61. The van der Waals surface area contributed by atoms with E-state index in [1.54, 1.807) is 19.1 Å². The van der Waals surface area contributed by atoms with E-state index in [0.29, 0.717) is 18.4 Å². The molecule has 1 fully saturated rings. The van der Waals surface area contributed by atoms with Crippen molar-refractivity contribution in [3.05, 3.63) is 34.9 Å². The largest absolute Gasteiger partial charge is 0.481 e. The molecule has 0 radical (unpaired) electrons. The lowest BCUT2D eigenvalue weighted by Gasteiger charge is -2.35. The fourth-order valence-electron chi connectivity index (χ4n) is 3.03. The number of halogens is 2. The van der Waals surface area contributed by atoms with Crippen molar-refractivity contribution in [3.8, 4) is 0 Å². The zero-order valence-corrected chi connectivity index (χ0v) is 11.0. The maximum atomic E-state index is 13.2. The molecule has 0 spiro atoms. The van der Waals surface area contributed by atoms with Gasteiger partial charge in [-0.1, -0.05) is 43.0 Å². The summed E-state index contributed by atoms with van der Waals surface area (Å²) in [5.41, 5.74) is -0.119. The first-order valence-corrected chi connectivity index (χ1v) is 6.60. The highest BCUT2D eigenvalue weighted by Crippen LogP contribution is 2.43.